The quantitative estimate of drug-likeness (QED) is 0.221. The molecule has 0 saturated heterocycles. The summed E-state index contributed by atoms with van der Waals surface area (Å²) in [5.41, 5.74) is 4.68. The Balaban J connectivity index is 1.69. The van der Waals surface area contributed by atoms with E-state index >= 15 is 0 Å². The molecular formula is C23H24N4O6. The SMILES string of the molecule is CCOc1ccc(-c2cc(C(=O)N/N=C\c3cc(OC)c(OC(C)=O)c(OC)c3)[nH]n2)cc1. The number of hydrogen-bond acceptors (Lipinski definition) is 8. The summed E-state index contributed by atoms with van der Waals surface area (Å²) in [4.78, 5) is 23.7. The van der Waals surface area contributed by atoms with Gasteiger partial charge in [0, 0.05) is 18.1 Å². The molecule has 1 heterocycles. The topological polar surface area (TPSA) is 124 Å². The fraction of sp³-hybridized carbons (Fsp3) is 0.217. The Morgan fingerprint density at radius 1 is 1.09 bits per heavy atom. The normalized spacial score (nSPS) is 10.7. The summed E-state index contributed by atoms with van der Waals surface area (Å²) >= 11 is 0. The van der Waals surface area contributed by atoms with E-state index < -0.39 is 11.9 Å². The number of hydrazone groups is 1. The molecule has 0 bridgehead atoms. The number of amides is 1. The maximum atomic E-state index is 12.4. The average Bonchev–Trinajstić information content (AvgIpc) is 3.30. The van der Waals surface area contributed by atoms with Gasteiger partial charge in [-0.15, -0.1) is 0 Å². The van der Waals surface area contributed by atoms with Crippen LogP contribution in [0.15, 0.2) is 47.6 Å². The van der Waals surface area contributed by atoms with Crippen molar-refractivity contribution in [1.29, 1.82) is 0 Å². The molecule has 0 saturated carbocycles. The lowest BCUT2D eigenvalue weighted by atomic mass is 10.1. The van der Waals surface area contributed by atoms with Gasteiger partial charge in [-0.05, 0) is 49.4 Å². The summed E-state index contributed by atoms with van der Waals surface area (Å²) in [6.45, 7) is 3.78. The second-order valence-electron chi connectivity index (χ2n) is 6.67. The summed E-state index contributed by atoms with van der Waals surface area (Å²) < 4.78 is 21.1. The van der Waals surface area contributed by atoms with Crippen molar-refractivity contribution in [2.24, 2.45) is 5.10 Å². The number of nitrogens with zero attached hydrogens (tertiary/aromatic N) is 2. The average molecular weight is 452 g/mol. The minimum absolute atomic E-state index is 0.160. The summed E-state index contributed by atoms with van der Waals surface area (Å²) in [7, 11) is 2.87. The van der Waals surface area contributed by atoms with Crippen LogP contribution in [-0.4, -0.2) is 49.1 Å². The molecule has 0 aliphatic rings. The number of rotatable bonds is 9. The number of carbonyl (C=O) groups excluding carboxylic acids is 2. The Bertz CT molecular complexity index is 1130. The van der Waals surface area contributed by atoms with Gasteiger partial charge in [-0.3, -0.25) is 14.7 Å². The molecule has 2 N–H and O–H groups in total. The van der Waals surface area contributed by atoms with Crippen LogP contribution in [0.5, 0.6) is 23.0 Å². The molecule has 2 aromatic carbocycles. The second kappa shape index (κ2) is 10.8. The minimum atomic E-state index is -0.510. The third-order valence-corrected chi connectivity index (χ3v) is 4.39. The van der Waals surface area contributed by atoms with Crippen LogP contribution in [0.1, 0.15) is 29.9 Å². The van der Waals surface area contributed by atoms with Gasteiger partial charge in [-0.2, -0.15) is 10.2 Å². The summed E-state index contributed by atoms with van der Waals surface area (Å²) in [5, 5.41) is 10.8. The van der Waals surface area contributed by atoms with Gasteiger partial charge in [0.05, 0.1) is 32.7 Å². The number of aromatic nitrogens is 2. The molecule has 0 unspecified atom stereocenters. The van der Waals surface area contributed by atoms with E-state index in [-0.39, 0.29) is 22.9 Å². The Morgan fingerprint density at radius 3 is 2.33 bits per heavy atom. The van der Waals surface area contributed by atoms with Crippen LogP contribution in [-0.2, 0) is 4.79 Å². The number of carbonyl (C=O) groups is 2. The smallest absolute Gasteiger partial charge is 0.308 e. The lowest BCUT2D eigenvalue weighted by Crippen LogP contribution is -2.18. The first-order valence-corrected chi connectivity index (χ1v) is 10.0. The van der Waals surface area contributed by atoms with E-state index in [2.05, 4.69) is 20.7 Å². The zero-order valence-electron chi connectivity index (χ0n) is 18.7. The van der Waals surface area contributed by atoms with Crippen molar-refractivity contribution in [2.75, 3.05) is 20.8 Å². The fourth-order valence-corrected chi connectivity index (χ4v) is 2.92. The van der Waals surface area contributed by atoms with Crippen molar-refractivity contribution in [3.8, 4) is 34.3 Å². The van der Waals surface area contributed by atoms with Gasteiger partial charge in [0.15, 0.2) is 11.5 Å². The Labute approximate surface area is 190 Å². The summed E-state index contributed by atoms with van der Waals surface area (Å²) in [6, 6.07) is 12.2. The molecule has 10 nitrogen and oxygen atoms in total. The van der Waals surface area contributed by atoms with E-state index in [0.29, 0.717) is 17.9 Å². The van der Waals surface area contributed by atoms with Gasteiger partial charge in [0.1, 0.15) is 11.4 Å². The number of benzene rings is 2. The highest BCUT2D eigenvalue weighted by atomic mass is 16.6. The molecular weight excluding hydrogens is 428 g/mol. The molecule has 1 amide bonds. The van der Waals surface area contributed by atoms with Crippen LogP contribution < -0.4 is 24.4 Å². The lowest BCUT2D eigenvalue weighted by molar-refractivity contribution is -0.132. The van der Waals surface area contributed by atoms with E-state index in [1.807, 2.05) is 31.2 Å². The van der Waals surface area contributed by atoms with E-state index in [0.717, 1.165) is 11.3 Å². The van der Waals surface area contributed by atoms with E-state index in [1.165, 1.54) is 27.4 Å². The Kier molecular flexibility index (Phi) is 7.64. The van der Waals surface area contributed by atoms with Crippen LogP contribution in [0.3, 0.4) is 0 Å². The van der Waals surface area contributed by atoms with Gasteiger partial charge in [0.25, 0.3) is 5.91 Å². The van der Waals surface area contributed by atoms with Crippen molar-refractivity contribution >= 4 is 18.1 Å². The molecule has 0 spiro atoms. The highest BCUT2D eigenvalue weighted by Crippen LogP contribution is 2.38. The highest BCUT2D eigenvalue weighted by Gasteiger charge is 2.16. The van der Waals surface area contributed by atoms with Crippen LogP contribution in [0.25, 0.3) is 11.3 Å². The van der Waals surface area contributed by atoms with Crippen molar-refractivity contribution in [3.63, 3.8) is 0 Å². The molecule has 172 valence electrons. The Morgan fingerprint density at radius 2 is 1.76 bits per heavy atom. The molecule has 3 aromatic rings. The highest BCUT2D eigenvalue weighted by molar-refractivity contribution is 5.94. The number of esters is 1. The Hall–Kier alpha value is -4.34. The van der Waals surface area contributed by atoms with Crippen molar-refractivity contribution in [1.82, 2.24) is 15.6 Å². The molecule has 0 radical (unpaired) electrons. The third-order valence-electron chi connectivity index (χ3n) is 4.39. The van der Waals surface area contributed by atoms with Crippen LogP contribution in [0.4, 0.5) is 0 Å². The van der Waals surface area contributed by atoms with Crippen LogP contribution >= 0.6 is 0 Å². The van der Waals surface area contributed by atoms with E-state index in [1.54, 1.807) is 18.2 Å². The zero-order valence-corrected chi connectivity index (χ0v) is 18.7. The summed E-state index contributed by atoms with van der Waals surface area (Å²) in [6.07, 6.45) is 1.41. The number of H-pyrrole nitrogens is 1. The van der Waals surface area contributed by atoms with Gasteiger partial charge in [0.2, 0.25) is 5.75 Å². The molecule has 0 aliphatic carbocycles. The van der Waals surface area contributed by atoms with Crippen LogP contribution in [0.2, 0.25) is 0 Å². The third kappa shape index (κ3) is 5.88. The molecule has 0 fully saturated rings. The maximum absolute atomic E-state index is 12.4. The van der Waals surface area contributed by atoms with Crippen LogP contribution in [0, 0.1) is 0 Å². The number of methoxy groups -OCH3 is 2. The number of hydrogen-bond donors (Lipinski definition) is 2. The first-order chi connectivity index (χ1) is 15.9. The second-order valence-corrected chi connectivity index (χ2v) is 6.67. The first kappa shape index (κ1) is 23.3. The van der Waals surface area contributed by atoms with Gasteiger partial charge >= 0.3 is 5.97 Å². The standard InChI is InChI=1S/C23H24N4O6/c1-5-32-17-8-6-16(7-9-17)18-12-19(26-25-18)23(29)27-24-13-15-10-20(30-3)22(33-14(2)28)21(11-15)31-4/h6-13H,5H2,1-4H3,(H,25,26)(H,27,29)/b24-13-. The largest absolute Gasteiger partial charge is 0.494 e. The summed E-state index contributed by atoms with van der Waals surface area (Å²) in [5.74, 6) is 0.513. The number of ether oxygens (including phenoxy) is 4. The molecule has 0 aliphatic heterocycles. The molecule has 10 heteroatoms. The number of nitrogens with one attached hydrogen (secondary N) is 2. The monoisotopic (exact) mass is 452 g/mol. The predicted molar refractivity (Wildman–Crippen MR) is 121 cm³/mol. The van der Waals surface area contributed by atoms with Gasteiger partial charge in [-0.25, -0.2) is 5.43 Å². The predicted octanol–water partition coefficient (Wildman–Crippen LogP) is 3.18. The molecule has 33 heavy (non-hydrogen) atoms. The van der Waals surface area contributed by atoms with Gasteiger partial charge < -0.3 is 18.9 Å². The fourth-order valence-electron chi connectivity index (χ4n) is 2.92. The molecule has 0 atom stereocenters. The maximum Gasteiger partial charge on any atom is 0.308 e. The number of aromatic amines is 1. The van der Waals surface area contributed by atoms with E-state index in [9.17, 15) is 9.59 Å². The van der Waals surface area contributed by atoms with E-state index in [4.69, 9.17) is 18.9 Å². The van der Waals surface area contributed by atoms with Gasteiger partial charge in [-0.1, -0.05) is 0 Å². The lowest BCUT2D eigenvalue weighted by Gasteiger charge is -2.13. The zero-order chi connectivity index (χ0) is 23.8. The molecule has 3 rings (SSSR count). The van der Waals surface area contributed by atoms with Crippen molar-refractivity contribution in [2.45, 2.75) is 13.8 Å². The van der Waals surface area contributed by atoms with Crippen molar-refractivity contribution in [3.05, 3.63) is 53.7 Å². The minimum Gasteiger partial charge on any atom is -0.494 e. The molecule has 1 aromatic heterocycles. The van der Waals surface area contributed by atoms with Crippen molar-refractivity contribution < 1.29 is 28.5 Å². The first-order valence-electron chi connectivity index (χ1n) is 10.0.